The number of nitrogens with one attached hydrogen (secondary N) is 1. The molecule has 33 heavy (non-hydrogen) atoms. The molecule has 0 spiro atoms. The van der Waals surface area contributed by atoms with Crippen LogP contribution in [0.4, 0.5) is 18.3 Å². The minimum absolute atomic E-state index is 0.163. The predicted molar refractivity (Wildman–Crippen MR) is 122 cm³/mol. The average Bonchev–Trinajstić information content (AvgIpc) is 3.22. The normalized spacial score (nSPS) is 12.5. The number of ether oxygens (including phenoxy) is 1. The van der Waals surface area contributed by atoms with Crippen LogP contribution in [0.1, 0.15) is 18.1 Å². The summed E-state index contributed by atoms with van der Waals surface area (Å²) >= 11 is 13.1. The highest BCUT2D eigenvalue weighted by Crippen LogP contribution is 2.31. The number of aromatic nitrogens is 1. The molecule has 11 heteroatoms. The van der Waals surface area contributed by atoms with Crippen molar-refractivity contribution < 1.29 is 27.5 Å². The minimum atomic E-state index is -4.49. The van der Waals surface area contributed by atoms with Gasteiger partial charge >= 0.3 is 12.1 Å². The standard InChI is InChI=1S/C22H15Cl2F3N2O3S/c1-12(32-19(30)8-5-13-3-2-4-15(9-13)22(25,26)27)20(31)29-21-28-18(11-33-21)14-6-7-16(23)17(24)10-14/h2-12H,1H3,(H,28,29,31). The van der Waals surface area contributed by atoms with E-state index in [0.717, 1.165) is 29.5 Å². The molecule has 0 radical (unpaired) electrons. The molecule has 0 bridgehead atoms. The summed E-state index contributed by atoms with van der Waals surface area (Å²) in [7, 11) is 0. The Morgan fingerprint density at radius 2 is 1.91 bits per heavy atom. The zero-order valence-corrected chi connectivity index (χ0v) is 19.1. The number of benzene rings is 2. The molecule has 1 heterocycles. The fraction of sp³-hybridized carbons (Fsp3) is 0.136. The zero-order valence-electron chi connectivity index (χ0n) is 16.8. The number of halogens is 5. The molecule has 0 saturated heterocycles. The smallest absolute Gasteiger partial charge is 0.416 e. The lowest BCUT2D eigenvalue weighted by molar-refractivity contribution is -0.148. The van der Waals surface area contributed by atoms with Gasteiger partial charge in [-0.25, -0.2) is 9.78 Å². The van der Waals surface area contributed by atoms with Gasteiger partial charge in [0.05, 0.1) is 21.3 Å². The Balaban J connectivity index is 1.57. The van der Waals surface area contributed by atoms with Crippen molar-refractivity contribution in [3.63, 3.8) is 0 Å². The molecule has 0 aliphatic carbocycles. The van der Waals surface area contributed by atoms with E-state index >= 15 is 0 Å². The van der Waals surface area contributed by atoms with Crippen LogP contribution in [0.2, 0.25) is 10.0 Å². The van der Waals surface area contributed by atoms with Crippen molar-refractivity contribution in [2.75, 3.05) is 5.32 Å². The number of thiazole rings is 1. The Labute approximate surface area is 200 Å². The molecule has 1 N–H and O–H groups in total. The number of esters is 1. The number of amides is 1. The topological polar surface area (TPSA) is 68.3 Å². The van der Waals surface area contributed by atoms with Gasteiger partial charge in [0.2, 0.25) is 0 Å². The molecule has 3 aromatic rings. The highest BCUT2D eigenvalue weighted by molar-refractivity contribution is 7.14. The van der Waals surface area contributed by atoms with Crippen molar-refractivity contribution in [1.82, 2.24) is 4.98 Å². The van der Waals surface area contributed by atoms with Gasteiger partial charge in [-0.15, -0.1) is 11.3 Å². The van der Waals surface area contributed by atoms with Crippen LogP contribution in [-0.2, 0) is 20.5 Å². The third-order valence-electron chi connectivity index (χ3n) is 4.24. The van der Waals surface area contributed by atoms with E-state index in [9.17, 15) is 22.8 Å². The third-order valence-corrected chi connectivity index (χ3v) is 5.73. The highest BCUT2D eigenvalue weighted by Gasteiger charge is 2.30. The van der Waals surface area contributed by atoms with Crippen LogP contribution in [0.5, 0.6) is 0 Å². The van der Waals surface area contributed by atoms with Crippen LogP contribution in [0.3, 0.4) is 0 Å². The monoisotopic (exact) mass is 514 g/mol. The van der Waals surface area contributed by atoms with Gasteiger partial charge in [0.15, 0.2) is 11.2 Å². The predicted octanol–water partition coefficient (Wildman–Crippen LogP) is 6.72. The molecule has 0 aliphatic heterocycles. The summed E-state index contributed by atoms with van der Waals surface area (Å²) in [6, 6.07) is 9.46. The fourth-order valence-electron chi connectivity index (χ4n) is 2.58. The molecule has 2 aromatic carbocycles. The molecule has 0 saturated carbocycles. The summed E-state index contributed by atoms with van der Waals surface area (Å²) in [5.41, 5.74) is 0.605. The Hall–Kier alpha value is -2.88. The summed E-state index contributed by atoms with van der Waals surface area (Å²) in [6.07, 6.45) is -3.54. The number of carbonyl (C=O) groups excluding carboxylic acids is 2. The van der Waals surface area contributed by atoms with Gasteiger partial charge in [-0.1, -0.05) is 41.4 Å². The van der Waals surface area contributed by atoms with Gasteiger partial charge in [0.25, 0.3) is 5.91 Å². The largest absolute Gasteiger partial charge is 0.449 e. The number of nitrogens with zero attached hydrogens (tertiary/aromatic N) is 1. The molecule has 1 aromatic heterocycles. The average molecular weight is 515 g/mol. The van der Waals surface area contributed by atoms with Gasteiger partial charge in [-0.05, 0) is 42.8 Å². The van der Waals surface area contributed by atoms with E-state index in [0.29, 0.717) is 21.3 Å². The van der Waals surface area contributed by atoms with Crippen LogP contribution >= 0.6 is 34.5 Å². The second-order valence-electron chi connectivity index (χ2n) is 6.69. The van der Waals surface area contributed by atoms with Gasteiger partial charge in [0.1, 0.15) is 0 Å². The molecule has 1 unspecified atom stereocenters. The van der Waals surface area contributed by atoms with Crippen LogP contribution < -0.4 is 5.32 Å². The first kappa shape index (κ1) is 24.8. The van der Waals surface area contributed by atoms with E-state index in [2.05, 4.69) is 10.3 Å². The van der Waals surface area contributed by atoms with Crippen molar-refractivity contribution in [2.24, 2.45) is 0 Å². The Kier molecular flexibility index (Phi) is 7.78. The Bertz CT molecular complexity index is 1210. The van der Waals surface area contributed by atoms with Gasteiger partial charge in [-0.3, -0.25) is 10.1 Å². The fourth-order valence-corrected chi connectivity index (χ4v) is 3.60. The first-order valence-electron chi connectivity index (χ1n) is 9.30. The number of hydrogen-bond donors (Lipinski definition) is 1. The van der Waals surface area contributed by atoms with Gasteiger partial charge in [-0.2, -0.15) is 13.2 Å². The molecule has 172 valence electrons. The maximum atomic E-state index is 12.8. The van der Waals surface area contributed by atoms with Crippen LogP contribution in [0, 0.1) is 0 Å². The second-order valence-corrected chi connectivity index (χ2v) is 8.36. The lowest BCUT2D eigenvalue weighted by atomic mass is 10.1. The van der Waals surface area contributed by atoms with E-state index in [1.54, 1.807) is 23.6 Å². The Morgan fingerprint density at radius 3 is 2.61 bits per heavy atom. The number of anilines is 1. The van der Waals surface area contributed by atoms with E-state index < -0.39 is 29.7 Å². The third kappa shape index (κ3) is 6.80. The van der Waals surface area contributed by atoms with Crippen molar-refractivity contribution >= 4 is 57.6 Å². The first-order chi connectivity index (χ1) is 15.5. The molecule has 1 atom stereocenters. The number of carbonyl (C=O) groups is 2. The molecule has 5 nitrogen and oxygen atoms in total. The highest BCUT2D eigenvalue weighted by atomic mass is 35.5. The number of rotatable bonds is 6. The summed E-state index contributed by atoms with van der Waals surface area (Å²) < 4.78 is 43.3. The molecule has 0 fully saturated rings. The van der Waals surface area contributed by atoms with Crippen LogP contribution in [0.25, 0.3) is 17.3 Å². The second kappa shape index (κ2) is 10.4. The van der Waals surface area contributed by atoms with Crippen LogP contribution in [-0.4, -0.2) is 23.0 Å². The summed E-state index contributed by atoms with van der Waals surface area (Å²) in [5.74, 6) is -1.50. The van der Waals surface area contributed by atoms with Crippen molar-refractivity contribution in [3.05, 3.63) is 75.1 Å². The molecular weight excluding hydrogens is 500 g/mol. The number of hydrogen-bond acceptors (Lipinski definition) is 5. The summed E-state index contributed by atoms with van der Waals surface area (Å²) in [5, 5.41) is 5.31. The van der Waals surface area contributed by atoms with Crippen LogP contribution in [0.15, 0.2) is 53.9 Å². The van der Waals surface area contributed by atoms with E-state index in [1.165, 1.54) is 25.1 Å². The van der Waals surface area contributed by atoms with Crippen molar-refractivity contribution in [2.45, 2.75) is 19.2 Å². The van der Waals surface area contributed by atoms with Gasteiger partial charge in [0, 0.05) is 17.0 Å². The molecular formula is C22H15Cl2F3N2O3S. The molecule has 1 amide bonds. The summed E-state index contributed by atoms with van der Waals surface area (Å²) in [6.45, 7) is 1.36. The maximum Gasteiger partial charge on any atom is 0.416 e. The first-order valence-corrected chi connectivity index (χ1v) is 10.9. The minimum Gasteiger partial charge on any atom is -0.449 e. The maximum absolute atomic E-state index is 12.8. The van der Waals surface area contributed by atoms with E-state index in [-0.39, 0.29) is 10.7 Å². The molecule has 0 aliphatic rings. The van der Waals surface area contributed by atoms with E-state index in [1.807, 2.05) is 0 Å². The molecule has 3 rings (SSSR count). The van der Waals surface area contributed by atoms with Crippen molar-refractivity contribution in [3.8, 4) is 11.3 Å². The number of alkyl halides is 3. The summed E-state index contributed by atoms with van der Waals surface area (Å²) in [4.78, 5) is 28.6. The zero-order chi connectivity index (χ0) is 24.2. The van der Waals surface area contributed by atoms with Gasteiger partial charge < -0.3 is 4.74 Å². The Morgan fingerprint density at radius 1 is 1.15 bits per heavy atom. The lowest BCUT2D eigenvalue weighted by Crippen LogP contribution is -2.29. The SMILES string of the molecule is CC(OC(=O)C=Cc1cccc(C(F)(F)F)c1)C(=O)Nc1nc(-c2ccc(Cl)c(Cl)c2)cs1. The van der Waals surface area contributed by atoms with Crippen molar-refractivity contribution in [1.29, 1.82) is 0 Å². The quantitative estimate of drug-likeness (QED) is 0.292. The lowest BCUT2D eigenvalue weighted by Gasteiger charge is -2.11. The van der Waals surface area contributed by atoms with E-state index in [4.69, 9.17) is 27.9 Å².